The minimum absolute atomic E-state index is 0.0503. The lowest BCUT2D eigenvalue weighted by atomic mass is 9.82. The van der Waals surface area contributed by atoms with Crippen molar-refractivity contribution in [1.82, 2.24) is 19.4 Å². The van der Waals surface area contributed by atoms with Crippen LogP contribution < -0.4 is 11.3 Å². The highest BCUT2D eigenvalue weighted by Crippen LogP contribution is 2.37. The van der Waals surface area contributed by atoms with Crippen LogP contribution in [0.5, 0.6) is 0 Å². The van der Waals surface area contributed by atoms with Crippen molar-refractivity contribution in [2.24, 2.45) is 5.92 Å². The van der Waals surface area contributed by atoms with E-state index in [1.807, 2.05) is 6.07 Å². The molecule has 2 aromatic heterocycles. The molecule has 10 heteroatoms. The Bertz CT molecular complexity index is 1000. The summed E-state index contributed by atoms with van der Waals surface area (Å²) in [5.74, 6) is -0.266. The fourth-order valence-electron chi connectivity index (χ4n) is 4.25. The number of halogens is 3. The molecule has 4 heterocycles. The van der Waals surface area contributed by atoms with Crippen LogP contribution in [0.25, 0.3) is 11.3 Å². The number of piperidine rings is 1. The van der Waals surface area contributed by atoms with Gasteiger partial charge in [0.2, 0.25) is 5.91 Å². The van der Waals surface area contributed by atoms with Gasteiger partial charge in [-0.25, -0.2) is 9.97 Å². The molecule has 1 saturated heterocycles. The maximum absolute atomic E-state index is 12.7. The maximum atomic E-state index is 12.7. The van der Waals surface area contributed by atoms with E-state index < -0.39 is 24.9 Å². The van der Waals surface area contributed by atoms with Crippen molar-refractivity contribution in [2.45, 2.75) is 37.9 Å². The molecule has 4 rings (SSSR count). The molecular weight excluding hydrogens is 387 g/mol. The van der Waals surface area contributed by atoms with Crippen LogP contribution in [0.1, 0.15) is 30.9 Å². The molecule has 2 N–H and O–H groups in total. The largest absolute Gasteiger partial charge is 0.389 e. The average molecular weight is 407 g/mol. The number of rotatable bonds is 3. The fourth-order valence-corrected chi connectivity index (χ4v) is 4.25. The lowest BCUT2D eigenvalue weighted by Gasteiger charge is -2.43. The Labute approximate surface area is 164 Å². The van der Waals surface area contributed by atoms with Gasteiger partial charge in [0.05, 0.1) is 12.1 Å². The van der Waals surface area contributed by atoms with E-state index in [1.165, 1.54) is 17.3 Å². The van der Waals surface area contributed by atoms with Gasteiger partial charge in [0, 0.05) is 55.4 Å². The van der Waals surface area contributed by atoms with Crippen molar-refractivity contribution < 1.29 is 18.0 Å². The number of pyridine rings is 1. The molecule has 0 aliphatic carbocycles. The molecule has 2 bridgehead atoms. The van der Waals surface area contributed by atoms with Crippen LogP contribution in [-0.4, -0.2) is 44.6 Å². The summed E-state index contributed by atoms with van der Waals surface area (Å²) in [6, 6.07) is 4.93. The van der Waals surface area contributed by atoms with Crippen LogP contribution in [0.3, 0.4) is 0 Å². The molecule has 1 amide bonds. The second kappa shape index (κ2) is 7.16. The summed E-state index contributed by atoms with van der Waals surface area (Å²) in [7, 11) is 0. The quantitative estimate of drug-likeness (QED) is 0.842. The monoisotopic (exact) mass is 407 g/mol. The average Bonchev–Trinajstić information content (AvgIpc) is 2.66. The summed E-state index contributed by atoms with van der Waals surface area (Å²) in [6.45, 7) is 1.13. The van der Waals surface area contributed by atoms with Gasteiger partial charge in [0.15, 0.2) is 0 Å². The molecule has 7 nitrogen and oxygen atoms in total. The Morgan fingerprint density at radius 3 is 2.69 bits per heavy atom. The normalized spacial score (nSPS) is 21.0. The first-order chi connectivity index (χ1) is 13.7. The van der Waals surface area contributed by atoms with Crippen LogP contribution in [0.15, 0.2) is 29.3 Å². The number of carbonyl (C=O) groups excluding carboxylic acids is 1. The Balaban J connectivity index is 1.60. The number of nitrogens with zero attached hydrogens (tertiary/aromatic N) is 4. The van der Waals surface area contributed by atoms with Crippen molar-refractivity contribution in [3.8, 4) is 11.3 Å². The molecule has 1 fully saturated rings. The molecule has 154 valence electrons. The molecule has 0 spiro atoms. The number of hydrogen-bond acceptors (Lipinski definition) is 5. The standard InChI is InChI=1S/C19H20F3N5O2/c20-19(21,22)2-1-17(28)26-7-11-3-13(9-26)15-4-12(5-18(29)27(15)8-11)14-6-16(23)25-10-24-14/h4-6,10-11,13H,1-3,7-9H2,(H2,23,24,25)/t11-,13+/m0/s1. The molecule has 2 atom stereocenters. The lowest BCUT2D eigenvalue weighted by molar-refractivity contribution is -0.150. The highest BCUT2D eigenvalue weighted by atomic mass is 19.4. The molecular formula is C19H20F3N5O2. The smallest absolute Gasteiger partial charge is 0.384 e. The Morgan fingerprint density at radius 1 is 1.17 bits per heavy atom. The van der Waals surface area contributed by atoms with Gasteiger partial charge >= 0.3 is 6.18 Å². The van der Waals surface area contributed by atoms with Crippen LogP contribution in [0.2, 0.25) is 0 Å². The van der Waals surface area contributed by atoms with Crippen LogP contribution >= 0.6 is 0 Å². The predicted molar refractivity (Wildman–Crippen MR) is 98.9 cm³/mol. The van der Waals surface area contributed by atoms with Crippen molar-refractivity contribution in [1.29, 1.82) is 0 Å². The van der Waals surface area contributed by atoms with Gasteiger partial charge in [-0.1, -0.05) is 0 Å². The van der Waals surface area contributed by atoms with E-state index in [-0.39, 0.29) is 23.2 Å². The second-order valence-electron chi connectivity index (χ2n) is 7.66. The van der Waals surface area contributed by atoms with Crippen molar-refractivity contribution >= 4 is 11.7 Å². The number of fused-ring (bicyclic) bond motifs is 4. The summed E-state index contributed by atoms with van der Waals surface area (Å²) in [5.41, 5.74) is 7.44. The van der Waals surface area contributed by atoms with E-state index in [1.54, 1.807) is 10.6 Å². The summed E-state index contributed by atoms with van der Waals surface area (Å²) in [4.78, 5) is 34.5. The van der Waals surface area contributed by atoms with Crippen LogP contribution in [-0.2, 0) is 11.3 Å². The van der Waals surface area contributed by atoms with E-state index in [0.717, 1.165) is 12.1 Å². The van der Waals surface area contributed by atoms with Gasteiger partial charge in [0.1, 0.15) is 12.1 Å². The molecule has 0 unspecified atom stereocenters. The number of alkyl halides is 3. The zero-order valence-electron chi connectivity index (χ0n) is 15.5. The van der Waals surface area contributed by atoms with Crippen molar-refractivity contribution in [2.75, 3.05) is 18.8 Å². The number of likely N-dealkylation sites (tertiary alicyclic amines) is 1. The number of nitrogen functional groups attached to an aromatic ring is 1. The van der Waals surface area contributed by atoms with Crippen molar-refractivity contribution in [3.63, 3.8) is 0 Å². The Hall–Kier alpha value is -2.91. The van der Waals surface area contributed by atoms with E-state index in [9.17, 15) is 22.8 Å². The van der Waals surface area contributed by atoms with Crippen molar-refractivity contribution in [3.05, 3.63) is 40.6 Å². The predicted octanol–water partition coefficient (Wildman–Crippen LogP) is 2.18. The zero-order chi connectivity index (χ0) is 20.8. The van der Waals surface area contributed by atoms with E-state index in [2.05, 4.69) is 9.97 Å². The minimum atomic E-state index is -4.35. The zero-order valence-corrected chi connectivity index (χ0v) is 15.5. The number of nitrogens with two attached hydrogens (primary N) is 1. The van der Waals surface area contributed by atoms with Gasteiger partial charge in [-0.3, -0.25) is 9.59 Å². The molecule has 0 saturated carbocycles. The van der Waals surface area contributed by atoms with Gasteiger partial charge in [0.25, 0.3) is 5.56 Å². The molecule has 2 aliphatic rings. The Kier molecular flexibility index (Phi) is 4.79. The molecule has 2 aromatic rings. The minimum Gasteiger partial charge on any atom is -0.384 e. The molecule has 0 aromatic carbocycles. The van der Waals surface area contributed by atoms with Gasteiger partial charge in [-0.2, -0.15) is 13.2 Å². The SMILES string of the molecule is Nc1cc(-c2cc3n(c(=O)c2)C[C@H]2C[C@@H]3CN(C(=O)CCC(F)(F)F)C2)ncn1. The number of hydrogen-bond donors (Lipinski definition) is 1. The highest BCUT2D eigenvalue weighted by molar-refractivity contribution is 5.76. The summed E-state index contributed by atoms with van der Waals surface area (Å²) in [5, 5.41) is 0. The Morgan fingerprint density at radius 2 is 1.97 bits per heavy atom. The first-order valence-electron chi connectivity index (χ1n) is 9.37. The van der Waals surface area contributed by atoms with Crippen LogP contribution in [0.4, 0.5) is 19.0 Å². The summed E-state index contributed by atoms with van der Waals surface area (Å²) >= 11 is 0. The number of anilines is 1. The van der Waals surface area contributed by atoms with Gasteiger partial charge in [-0.15, -0.1) is 0 Å². The molecule has 2 aliphatic heterocycles. The third-order valence-electron chi connectivity index (χ3n) is 5.52. The maximum Gasteiger partial charge on any atom is 0.389 e. The highest BCUT2D eigenvalue weighted by Gasteiger charge is 2.37. The first kappa shape index (κ1) is 19.4. The topological polar surface area (TPSA) is 94.1 Å². The molecule has 0 radical (unpaired) electrons. The fraction of sp³-hybridized carbons (Fsp3) is 0.474. The lowest BCUT2D eigenvalue weighted by Crippen LogP contribution is -2.49. The van der Waals surface area contributed by atoms with Gasteiger partial charge in [-0.05, 0) is 18.4 Å². The van der Waals surface area contributed by atoms with E-state index in [0.29, 0.717) is 30.9 Å². The second-order valence-corrected chi connectivity index (χ2v) is 7.66. The summed E-state index contributed by atoms with van der Waals surface area (Å²) < 4.78 is 39.1. The number of aromatic nitrogens is 3. The third-order valence-corrected chi connectivity index (χ3v) is 5.52. The van der Waals surface area contributed by atoms with Gasteiger partial charge < -0.3 is 15.2 Å². The molecule has 29 heavy (non-hydrogen) atoms. The van der Waals surface area contributed by atoms with Crippen LogP contribution in [0, 0.1) is 5.92 Å². The first-order valence-corrected chi connectivity index (χ1v) is 9.37. The third kappa shape index (κ3) is 4.10. The summed E-state index contributed by atoms with van der Waals surface area (Å²) in [6.07, 6.45) is -3.91. The van der Waals surface area contributed by atoms with E-state index in [4.69, 9.17) is 5.73 Å². The van der Waals surface area contributed by atoms with E-state index >= 15 is 0 Å². The number of amides is 1. The number of carbonyl (C=O) groups is 1.